The van der Waals surface area contributed by atoms with Gasteiger partial charge in [0.2, 0.25) is 5.91 Å². The summed E-state index contributed by atoms with van der Waals surface area (Å²) in [7, 11) is 1.84. The van der Waals surface area contributed by atoms with Gasteiger partial charge >= 0.3 is 5.97 Å². The monoisotopic (exact) mass is 406 g/mol. The number of rotatable bonds is 8. The van der Waals surface area contributed by atoms with Gasteiger partial charge in [-0.3, -0.25) is 14.4 Å². The molecule has 2 rings (SSSR count). The van der Waals surface area contributed by atoms with Crippen molar-refractivity contribution < 1.29 is 19.1 Å². The quantitative estimate of drug-likeness (QED) is 0.671. The third-order valence-electron chi connectivity index (χ3n) is 4.83. The lowest BCUT2D eigenvalue weighted by Crippen LogP contribution is -2.39. The van der Waals surface area contributed by atoms with E-state index in [4.69, 9.17) is 4.74 Å². The molecule has 0 saturated heterocycles. The fourth-order valence-corrected chi connectivity index (χ4v) is 4.16. The van der Waals surface area contributed by atoms with Crippen molar-refractivity contribution in [2.45, 2.75) is 52.0 Å². The van der Waals surface area contributed by atoms with E-state index in [2.05, 4.69) is 5.32 Å². The second-order valence-electron chi connectivity index (χ2n) is 7.37. The smallest absolute Gasteiger partial charge is 0.316 e. The Labute approximate surface area is 171 Å². The van der Waals surface area contributed by atoms with Crippen LogP contribution in [0.15, 0.2) is 18.2 Å². The molecule has 28 heavy (non-hydrogen) atoms. The minimum Gasteiger partial charge on any atom is -0.455 e. The summed E-state index contributed by atoms with van der Waals surface area (Å²) in [6, 6.07) is 6.05. The van der Waals surface area contributed by atoms with Gasteiger partial charge in [-0.25, -0.2) is 0 Å². The first-order valence-electron chi connectivity index (χ1n) is 9.72. The molecule has 1 aromatic carbocycles. The summed E-state index contributed by atoms with van der Waals surface area (Å²) in [5.74, 6) is -0.528. The van der Waals surface area contributed by atoms with Crippen LogP contribution in [0.3, 0.4) is 0 Å². The Morgan fingerprint density at radius 2 is 1.71 bits per heavy atom. The molecule has 6 nitrogen and oxygen atoms in total. The van der Waals surface area contributed by atoms with E-state index in [9.17, 15) is 14.4 Å². The van der Waals surface area contributed by atoms with E-state index in [1.54, 1.807) is 0 Å². The van der Waals surface area contributed by atoms with E-state index in [1.165, 1.54) is 31.0 Å². The van der Waals surface area contributed by atoms with Crippen molar-refractivity contribution >= 4 is 35.2 Å². The number of benzene rings is 1. The summed E-state index contributed by atoms with van der Waals surface area (Å²) in [4.78, 5) is 37.8. The number of carbonyl (C=O) groups excluding carboxylic acids is 3. The van der Waals surface area contributed by atoms with Gasteiger partial charge in [-0.15, -0.1) is 11.8 Å². The maximum Gasteiger partial charge on any atom is 0.316 e. The van der Waals surface area contributed by atoms with Crippen molar-refractivity contribution in [2.75, 3.05) is 30.5 Å². The first kappa shape index (κ1) is 22.3. The van der Waals surface area contributed by atoms with Gasteiger partial charge in [-0.1, -0.05) is 25.3 Å². The molecule has 154 valence electrons. The molecule has 1 N–H and O–H groups in total. The highest BCUT2D eigenvalue weighted by molar-refractivity contribution is 8.00. The largest absolute Gasteiger partial charge is 0.455 e. The Balaban J connectivity index is 1.63. The average Bonchev–Trinajstić information content (AvgIpc) is 2.65. The van der Waals surface area contributed by atoms with Crippen molar-refractivity contribution in [1.82, 2.24) is 4.90 Å². The number of nitrogens with one attached hydrogen (secondary N) is 1. The first-order valence-corrected chi connectivity index (χ1v) is 10.9. The van der Waals surface area contributed by atoms with Crippen molar-refractivity contribution in [2.24, 2.45) is 0 Å². The van der Waals surface area contributed by atoms with Gasteiger partial charge in [0.05, 0.1) is 11.5 Å². The highest BCUT2D eigenvalue weighted by Gasteiger charge is 2.22. The van der Waals surface area contributed by atoms with Crippen LogP contribution in [0.1, 0.15) is 43.2 Å². The van der Waals surface area contributed by atoms with Crippen LogP contribution < -0.4 is 5.32 Å². The number of anilines is 1. The zero-order chi connectivity index (χ0) is 20.5. The molecule has 0 radical (unpaired) electrons. The second-order valence-corrected chi connectivity index (χ2v) is 8.36. The summed E-state index contributed by atoms with van der Waals surface area (Å²) >= 11 is 1.22. The van der Waals surface area contributed by atoms with Crippen molar-refractivity contribution in [3.63, 3.8) is 0 Å². The molecule has 1 saturated carbocycles. The molecule has 0 aromatic heterocycles. The molecule has 1 aromatic rings. The van der Waals surface area contributed by atoms with Gasteiger partial charge in [-0.2, -0.15) is 0 Å². The number of esters is 1. The molecule has 0 bridgehead atoms. The lowest BCUT2D eigenvalue weighted by molar-refractivity contribution is -0.144. The minimum absolute atomic E-state index is 0.0391. The minimum atomic E-state index is -0.492. The van der Waals surface area contributed by atoms with Gasteiger partial charge in [0.1, 0.15) is 0 Å². The number of carbonyl (C=O) groups is 3. The number of amides is 2. The van der Waals surface area contributed by atoms with Crippen LogP contribution in [-0.4, -0.2) is 53.9 Å². The molecule has 1 aliphatic carbocycles. The van der Waals surface area contributed by atoms with E-state index >= 15 is 0 Å². The average molecular weight is 407 g/mol. The molecule has 0 atom stereocenters. The summed E-state index contributed by atoms with van der Waals surface area (Å²) in [6.45, 7) is 3.57. The molecule has 0 heterocycles. The van der Waals surface area contributed by atoms with Gasteiger partial charge in [0, 0.05) is 18.8 Å². The molecule has 2 amide bonds. The molecule has 1 aliphatic rings. The SMILES string of the molecule is Cc1cc(C)cc(NC(=O)COC(=O)CSCC(=O)N(C)C2CCCCC2)c1. The summed E-state index contributed by atoms with van der Waals surface area (Å²) in [5.41, 5.74) is 2.78. The number of nitrogens with zero attached hydrogens (tertiary/aromatic N) is 1. The molecule has 1 fully saturated rings. The zero-order valence-corrected chi connectivity index (χ0v) is 17.8. The summed E-state index contributed by atoms with van der Waals surface area (Å²) < 4.78 is 5.00. The van der Waals surface area contributed by atoms with Crippen LogP contribution in [0.5, 0.6) is 0 Å². The van der Waals surface area contributed by atoms with Crippen LogP contribution >= 0.6 is 11.8 Å². The van der Waals surface area contributed by atoms with Gasteiger partial charge in [0.25, 0.3) is 5.91 Å². The predicted molar refractivity (Wildman–Crippen MR) is 112 cm³/mol. The van der Waals surface area contributed by atoms with Gasteiger partial charge < -0.3 is 15.0 Å². The molecule has 7 heteroatoms. The van der Waals surface area contributed by atoms with E-state index in [-0.39, 0.29) is 29.9 Å². The maximum absolute atomic E-state index is 12.2. The second kappa shape index (κ2) is 11.1. The third-order valence-corrected chi connectivity index (χ3v) is 5.72. The fraction of sp³-hybridized carbons (Fsp3) is 0.571. The third kappa shape index (κ3) is 7.54. The van der Waals surface area contributed by atoms with E-state index in [1.807, 2.05) is 44.0 Å². The molecule has 0 spiro atoms. The Morgan fingerprint density at radius 1 is 1.07 bits per heavy atom. The molecule has 0 aliphatic heterocycles. The number of thioether (sulfide) groups is 1. The number of hydrogen-bond acceptors (Lipinski definition) is 5. The van der Waals surface area contributed by atoms with Crippen LogP contribution in [0.2, 0.25) is 0 Å². The molecular formula is C21H30N2O4S. The predicted octanol–water partition coefficient (Wildman–Crippen LogP) is 3.31. The van der Waals surface area contributed by atoms with Crippen LogP contribution in [-0.2, 0) is 19.1 Å². The van der Waals surface area contributed by atoms with Gasteiger partial charge in [-0.05, 0) is 49.9 Å². The van der Waals surface area contributed by atoms with Crippen LogP contribution in [0.25, 0.3) is 0 Å². The first-order chi connectivity index (χ1) is 13.3. The maximum atomic E-state index is 12.2. The summed E-state index contributed by atoms with van der Waals surface area (Å²) in [6.07, 6.45) is 5.71. The Hall–Kier alpha value is -2.02. The lowest BCUT2D eigenvalue weighted by Gasteiger charge is -2.31. The number of ether oxygens (including phenoxy) is 1. The standard InChI is InChI=1S/C21H30N2O4S/c1-15-9-16(2)11-17(10-15)22-19(24)12-27-21(26)14-28-13-20(25)23(3)18-7-5-4-6-8-18/h9-11,18H,4-8,12-14H2,1-3H3,(H,22,24). The topological polar surface area (TPSA) is 75.7 Å². The van der Waals surface area contributed by atoms with Crippen molar-refractivity contribution in [3.05, 3.63) is 29.3 Å². The Kier molecular flexibility index (Phi) is 8.83. The van der Waals surface area contributed by atoms with Crippen molar-refractivity contribution in [3.8, 4) is 0 Å². The summed E-state index contributed by atoms with van der Waals surface area (Å²) in [5, 5.41) is 2.72. The van der Waals surface area contributed by atoms with Crippen LogP contribution in [0.4, 0.5) is 5.69 Å². The zero-order valence-electron chi connectivity index (χ0n) is 17.0. The molecular weight excluding hydrogens is 376 g/mol. The van der Waals surface area contributed by atoms with E-state index in [0.29, 0.717) is 11.7 Å². The highest BCUT2D eigenvalue weighted by Crippen LogP contribution is 2.22. The van der Waals surface area contributed by atoms with E-state index < -0.39 is 5.97 Å². The normalized spacial score (nSPS) is 14.4. The number of aryl methyl sites for hydroxylation is 2. The van der Waals surface area contributed by atoms with E-state index in [0.717, 1.165) is 24.0 Å². The van der Waals surface area contributed by atoms with Crippen molar-refractivity contribution in [1.29, 1.82) is 0 Å². The van der Waals surface area contributed by atoms with Crippen LogP contribution in [0, 0.1) is 13.8 Å². The molecule has 0 unspecified atom stereocenters. The number of hydrogen-bond donors (Lipinski definition) is 1. The highest BCUT2D eigenvalue weighted by atomic mass is 32.2. The Bertz CT molecular complexity index is 681. The van der Waals surface area contributed by atoms with Gasteiger partial charge in [0.15, 0.2) is 6.61 Å². The Morgan fingerprint density at radius 3 is 2.36 bits per heavy atom. The lowest BCUT2D eigenvalue weighted by atomic mass is 9.94. The fourth-order valence-electron chi connectivity index (χ4n) is 3.43.